The molecule has 0 aliphatic heterocycles. The van der Waals surface area contributed by atoms with E-state index in [9.17, 15) is 0 Å². The number of nitrogens with zero attached hydrogens (tertiary/aromatic N) is 2. The lowest BCUT2D eigenvalue weighted by Gasteiger charge is -1.96. The van der Waals surface area contributed by atoms with Gasteiger partial charge in [-0.25, -0.2) is 4.98 Å². The molecule has 3 heteroatoms. The van der Waals surface area contributed by atoms with E-state index in [1.165, 1.54) is 0 Å². The van der Waals surface area contributed by atoms with E-state index in [0.717, 1.165) is 16.9 Å². The standard InChI is InChI=1S/C11H15N3/c1-8(2)10-7-14-6-9(5-12)3-4-11(14)13-10/h3-4,6-8H,5,12H2,1-2H3. The summed E-state index contributed by atoms with van der Waals surface area (Å²) in [6.45, 7) is 4.86. The zero-order chi connectivity index (χ0) is 10.1. The van der Waals surface area contributed by atoms with Crippen molar-refractivity contribution < 1.29 is 0 Å². The first-order chi connectivity index (χ1) is 6.70. The SMILES string of the molecule is CC(C)c1cn2cc(CN)ccc2n1. The lowest BCUT2D eigenvalue weighted by atomic mass is 10.2. The van der Waals surface area contributed by atoms with Crippen LogP contribution in [0, 0.1) is 0 Å². The number of hydrogen-bond acceptors (Lipinski definition) is 2. The smallest absolute Gasteiger partial charge is 0.137 e. The molecule has 14 heavy (non-hydrogen) atoms. The molecule has 0 aliphatic rings. The van der Waals surface area contributed by atoms with Crippen LogP contribution in [0.15, 0.2) is 24.5 Å². The topological polar surface area (TPSA) is 43.3 Å². The molecule has 0 fully saturated rings. The highest BCUT2D eigenvalue weighted by molar-refractivity contribution is 5.41. The summed E-state index contributed by atoms with van der Waals surface area (Å²) in [7, 11) is 0. The normalized spacial score (nSPS) is 11.4. The molecular weight excluding hydrogens is 174 g/mol. The number of fused-ring (bicyclic) bond motifs is 1. The molecule has 2 aromatic rings. The molecule has 0 bridgehead atoms. The average Bonchev–Trinajstić information content (AvgIpc) is 2.59. The van der Waals surface area contributed by atoms with Crippen molar-refractivity contribution in [1.29, 1.82) is 0 Å². The third kappa shape index (κ3) is 1.51. The minimum atomic E-state index is 0.469. The molecule has 0 amide bonds. The van der Waals surface area contributed by atoms with E-state index in [1.54, 1.807) is 0 Å². The van der Waals surface area contributed by atoms with Gasteiger partial charge < -0.3 is 10.1 Å². The van der Waals surface area contributed by atoms with E-state index < -0.39 is 0 Å². The fourth-order valence-corrected chi connectivity index (χ4v) is 1.46. The fraction of sp³-hybridized carbons (Fsp3) is 0.364. The van der Waals surface area contributed by atoms with Crippen LogP contribution in [-0.4, -0.2) is 9.38 Å². The Hall–Kier alpha value is -1.35. The number of hydrogen-bond donors (Lipinski definition) is 1. The second kappa shape index (κ2) is 3.42. The van der Waals surface area contributed by atoms with E-state index >= 15 is 0 Å². The Kier molecular flexibility index (Phi) is 2.25. The van der Waals surface area contributed by atoms with Gasteiger partial charge in [0.25, 0.3) is 0 Å². The van der Waals surface area contributed by atoms with E-state index in [2.05, 4.69) is 25.0 Å². The Morgan fingerprint density at radius 2 is 2.14 bits per heavy atom. The highest BCUT2D eigenvalue weighted by atomic mass is 15.0. The Balaban J connectivity index is 2.54. The Morgan fingerprint density at radius 3 is 2.79 bits per heavy atom. The zero-order valence-corrected chi connectivity index (χ0v) is 8.57. The monoisotopic (exact) mass is 189 g/mol. The van der Waals surface area contributed by atoms with Crippen molar-refractivity contribution in [2.75, 3.05) is 0 Å². The highest BCUT2D eigenvalue weighted by Crippen LogP contribution is 2.14. The number of aromatic nitrogens is 2. The van der Waals surface area contributed by atoms with Crippen molar-refractivity contribution in [3.8, 4) is 0 Å². The summed E-state index contributed by atoms with van der Waals surface area (Å²) in [6.07, 6.45) is 4.10. The van der Waals surface area contributed by atoms with Crippen molar-refractivity contribution in [2.24, 2.45) is 5.73 Å². The van der Waals surface area contributed by atoms with Gasteiger partial charge in [-0.3, -0.25) is 0 Å². The van der Waals surface area contributed by atoms with Crippen molar-refractivity contribution in [3.63, 3.8) is 0 Å². The van der Waals surface area contributed by atoms with Crippen molar-refractivity contribution in [2.45, 2.75) is 26.3 Å². The zero-order valence-electron chi connectivity index (χ0n) is 8.57. The van der Waals surface area contributed by atoms with Crippen LogP contribution in [0.3, 0.4) is 0 Å². The van der Waals surface area contributed by atoms with Gasteiger partial charge in [0.2, 0.25) is 0 Å². The maximum absolute atomic E-state index is 5.57. The summed E-state index contributed by atoms with van der Waals surface area (Å²) in [6, 6.07) is 4.03. The van der Waals surface area contributed by atoms with Crippen LogP contribution < -0.4 is 5.73 Å². The molecule has 0 atom stereocenters. The third-order valence-electron chi connectivity index (χ3n) is 2.36. The van der Waals surface area contributed by atoms with Crippen LogP contribution in [0.1, 0.15) is 31.0 Å². The summed E-state index contributed by atoms with van der Waals surface area (Å²) in [5, 5.41) is 0. The lowest BCUT2D eigenvalue weighted by molar-refractivity contribution is 0.834. The summed E-state index contributed by atoms with van der Waals surface area (Å²) in [5.41, 5.74) is 8.82. The van der Waals surface area contributed by atoms with Crippen LogP contribution >= 0.6 is 0 Å². The predicted molar refractivity (Wildman–Crippen MR) is 57.2 cm³/mol. The first-order valence-corrected chi connectivity index (χ1v) is 4.88. The largest absolute Gasteiger partial charge is 0.326 e. The fourth-order valence-electron chi connectivity index (χ4n) is 1.46. The quantitative estimate of drug-likeness (QED) is 0.784. The Labute approximate surface area is 83.6 Å². The molecule has 0 unspecified atom stereocenters. The maximum atomic E-state index is 5.57. The molecule has 3 nitrogen and oxygen atoms in total. The number of pyridine rings is 1. The number of rotatable bonds is 2. The van der Waals surface area contributed by atoms with E-state index in [0.29, 0.717) is 12.5 Å². The second-order valence-electron chi connectivity index (χ2n) is 3.83. The summed E-state index contributed by atoms with van der Waals surface area (Å²) in [4.78, 5) is 4.51. The van der Waals surface area contributed by atoms with Crippen molar-refractivity contribution >= 4 is 5.65 Å². The molecule has 0 aliphatic carbocycles. The minimum Gasteiger partial charge on any atom is -0.326 e. The lowest BCUT2D eigenvalue weighted by Crippen LogP contribution is -1.97. The van der Waals surface area contributed by atoms with Crippen LogP contribution in [0.2, 0.25) is 0 Å². The Bertz CT molecular complexity index is 443. The molecule has 74 valence electrons. The molecule has 0 aromatic carbocycles. The predicted octanol–water partition coefficient (Wildman–Crippen LogP) is 1.92. The molecule has 2 heterocycles. The molecule has 2 rings (SSSR count). The first-order valence-electron chi connectivity index (χ1n) is 4.88. The summed E-state index contributed by atoms with van der Waals surface area (Å²) >= 11 is 0. The van der Waals surface area contributed by atoms with Gasteiger partial charge in [0.05, 0.1) is 5.69 Å². The molecular formula is C11H15N3. The minimum absolute atomic E-state index is 0.469. The van der Waals surface area contributed by atoms with Crippen LogP contribution in [-0.2, 0) is 6.54 Å². The van der Waals surface area contributed by atoms with Gasteiger partial charge in [0.1, 0.15) is 5.65 Å². The first kappa shape index (κ1) is 9.21. The molecule has 0 radical (unpaired) electrons. The van der Waals surface area contributed by atoms with Gasteiger partial charge in [-0.05, 0) is 17.5 Å². The van der Waals surface area contributed by atoms with Crippen molar-refractivity contribution in [3.05, 3.63) is 35.8 Å². The number of imidazole rings is 1. The van der Waals surface area contributed by atoms with E-state index in [4.69, 9.17) is 5.73 Å². The average molecular weight is 189 g/mol. The second-order valence-corrected chi connectivity index (χ2v) is 3.83. The number of nitrogens with two attached hydrogens (primary N) is 1. The van der Waals surface area contributed by atoms with Crippen LogP contribution in [0.4, 0.5) is 0 Å². The molecule has 0 saturated carbocycles. The summed E-state index contributed by atoms with van der Waals surface area (Å²) < 4.78 is 2.04. The third-order valence-corrected chi connectivity index (χ3v) is 2.36. The van der Waals surface area contributed by atoms with Crippen molar-refractivity contribution in [1.82, 2.24) is 9.38 Å². The van der Waals surface area contributed by atoms with Gasteiger partial charge in [0, 0.05) is 18.9 Å². The summed E-state index contributed by atoms with van der Waals surface area (Å²) in [5.74, 6) is 0.469. The molecule has 0 saturated heterocycles. The Morgan fingerprint density at radius 1 is 1.36 bits per heavy atom. The van der Waals surface area contributed by atoms with Gasteiger partial charge in [-0.1, -0.05) is 19.9 Å². The highest BCUT2D eigenvalue weighted by Gasteiger charge is 2.04. The maximum Gasteiger partial charge on any atom is 0.137 e. The van der Waals surface area contributed by atoms with Gasteiger partial charge in [-0.15, -0.1) is 0 Å². The van der Waals surface area contributed by atoms with Crippen LogP contribution in [0.25, 0.3) is 5.65 Å². The van der Waals surface area contributed by atoms with Gasteiger partial charge in [0.15, 0.2) is 0 Å². The molecule has 0 spiro atoms. The van der Waals surface area contributed by atoms with E-state index in [1.807, 2.05) is 22.7 Å². The van der Waals surface area contributed by atoms with Gasteiger partial charge in [-0.2, -0.15) is 0 Å². The van der Waals surface area contributed by atoms with E-state index in [-0.39, 0.29) is 0 Å². The molecule has 2 aromatic heterocycles. The van der Waals surface area contributed by atoms with Gasteiger partial charge >= 0.3 is 0 Å². The van der Waals surface area contributed by atoms with Crippen LogP contribution in [0.5, 0.6) is 0 Å². The molecule has 2 N–H and O–H groups in total.